The van der Waals surface area contributed by atoms with E-state index in [4.69, 9.17) is 0 Å². The predicted octanol–water partition coefficient (Wildman–Crippen LogP) is 4.05. The average molecular weight is 455 g/mol. The second kappa shape index (κ2) is 9.16. The maximum Gasteiger partial charge on any atom is 0.268 e. The third-order valence-electron chi connectivity index (χ3n) is 5.39. The van der Waals surface area contributed by atoms with Crippen LogP contribution in [0.15, 0.2) is 47.4 Å². The van der Waals surface area contributed by atoms with Gasteiger partial charge in [0, 0.05) is 12.7 Å². The summed E-state index contributed by atoms with van der Waals surface area (Å²) in [7, 11) is -2.33. The minimum atomic E-state index is -4.04. The topological polar surface area (TPSA) is 84.3 Å². The highest BCUT2D eigenvalue weighted by molar-refractivity contribution is 7.93. The summed E-state index contributed by atoms with van der Waals surface area (Å²) < 4.78 is 30.3. The van der Waals surface area contributed by atoms with Gasteiger partial charge in [-0.15, -0.1) is 0 Å². The van der Waals surface area contributed by atoms with Crippen molar-refractivity contribution in [3.05, 3.63) is 70.5 Å². The molecule has 1 N–H and O–H groups in total. The van der Waals surface area contributed by atoms with Crippen LogP contribution in [0.1, 0.15) is 35.0 Å². The van der Waals surface area contributed by atoms with E-state index in [1.807, 2.05) is 45.0 Å². The summed E-state index contributed by atoms with van der Waals surface area (Å²) in [6.45, 7) is 8.86. The number of hydrogen-bond donors (Lipinski definition) is 1. The number of anilines is 2. The van der Waals surface area contributed by atoms with Crippen LogP contribution in [0, 0.1) is 27.7 Å². The lowest BCUT2D eigenvalue weighted by molar-refractivity contribution is -0.114. The highest BCUT2D eigenvalue weighted by Crippen LogP contribution is 2.29. The third-order valence-corrected chi connectivity index (χ3v) is 7.42. The van der Waals surface area contributed by atoms with Gasteiger partial charge in [0.1, 0.15) is 11.4 Å². The fourth-order valence-electron chi connectivity index (χ4n) is 3.85. The summed E-state index contributed by atoms with van der Waals surface area (Å²) in [6.07, 6.45) is 0.840. The molecule has 7 nitrogen and oxygen atoms in total. The van der Waals surface area contributed by atoms with E-state index in [9.17, 15) is 13.2 Å². The zero-order chi connectivity index (χ0) is 23.6. The molecule has 0 bridgehead atoms. The normalized spacial score (nSPS) is 11.4. The van der Waals surface area contributed by atoms with Crippen molar-refractivity contribution in [1.82, 2.24) is 9.78 Å². The van der Waals surface area contributed by atoms with E-state index in [-0.39, 0.29) is 11.4 Å². The van der Waals surface area contributed by atoms with E-state index in [0.717, 1.165) is 23.1 Å². The summed E-state index contributed by atoms with van der Waals surface area (Å²) in [4.78, 5) is 13.1. The van der Waals surface area contributed by atoms with Gasteiger partial charge in [0.2, 0.25) is 5.91 Å². The fraction of sp³-hybridized carbons (Fsp3) is 0.333. The van der Waals surface area contributed by atoms with Crippen LogP contribution in [0.25, 0.3) is 0 Å². The first-order valence-electron chi connectivity index (χ1n) is 10.5. The quantitative estimate of drug-likeness (QED) is 0.584. The number of aryl methyl sites for hydroxylation is 5. The molecule has 0 aliphatic rings. The molecule has 3 aromatic rings. The number of carbonyl (C=O) groups excluding carboxylic acids is 1. The lowest BCUT2D eigenvalue weighted by atomic mass is 10.1. The van der Waals surface area contributed by atoms with Gasteiger partial charge in [-0.3, -0.25) is 13.8 Å². The van der Waals surface area contributed by atoms with Crippen molar-refractivity contribution in [3.8, 4) is 0 Å². The van der Waals surface area contributed by atoms with Crippen LogP contribution in [0.3, 0.4) is 0 Å². The van der Waals surface area contributed by atoms with Gasteiger partial charge in [0.25, 0.3) is 10.0 Å². The Bertz CT molecular complexity index is 1240. The average Bonchev–Trinajstić information content (AvgIpc) is 2.97. The fourth-order valence-corrected chi connectivity index (χ4v) is 5.66. The van der Waals surface area contributed by atoms with Gasteiger partial charge >= 0.3 is 0 Å². The number of benzene rings is 2. The summed E-state index contributed by atoms with van der Waals surface area (Å²) >= 11 is 0. The monoisotopic (exact) mass is 454 g/mol. The highest BCUT2D eigenvalue weighted by Gasteiger charge is 2.32. The van der Waals surface area contributed by atoms with Gasteiger partial charge in [-0.25, -0.2) is 8.42 Å². The molecule has 0 saturated heterocycles. The summed E-state index contributed by atoms with van der Waals surface area (Å²) in [5.41, 5.74) is 4.92. The minimum Gasteiger partial charge on any atom is -0.325 e. The smallest absolute Gasteiger partial charge is 0.268 e. The molecular weight excluding hydrogens is 424 g/mol. The van der Waals surface area contributed by atoms with Crippen molar-refractivity contribution in [2.75, 3.05) is 16.2 Å². The summed E-state index contributed by atoms with van der Waals surface area (Å²) in [5.74, 6) is -0.416. The number of carbonyl (C=O) groups is 1. The zero-order valence-electron chi connectivity index (χ0n) is 19.4. The molecule has 0 aliphatic heterocycles. The summed E-state index contributed by atoms with van der Waals surface area (Å²) in [5, 5.41) is 7.10. The van der Waals surface area contributed by atoms with Gasteiger partial charge in [0.15, 0.2) is 0 Å². The number of sulfonamides is 1. The van der Waals surface area contributed by atoms with E-state index in [0.29, 0.717) is 22.8 Å². The number of nitrogens with one attached hydrogen (secondary N) is 1. The Morgan fingerprint density at radius 3 is 2.28 bits per heavy atom. The minimum absolute atomic E-state index is 0.125. The molecule has 0 spiro atoms. The molecule has 0 atom stereocenters. The second-order valence-electron chi connectivity index (χ2n) is 8.08. The van der Waals surface area contributed by atoms with Crippen molar-refractivity contribution >= 4 is 27.3 Å². The van der Waals surface area contributed by atoms with E-state index in [1.165, 1.54) is 8.99 Å². The van der Waals surface area contributed by atoms with Gasteiger partial charge in [0.05, 0.1) is 17.1 Å². The highest BCUT2D eigenvalue weighted by atomic mass is 32.2. The number of nitrogens with zero attached hydrogens (tertiary/aromatic N) is 3. The zero-order valence-corrected chi connectivity index (χ0v) is 20.2. The molecule has 0 fully saturated rings. The Hall–Kier alpha value is -3.13. The molecule has 32 heavy (non-hydrogen) atoms. The first-order valence-corrected chi connectivity index (χ1v) is 12.0. The lowest BCUT2D eigenvalue weighted by Gasteiger charge is -2.25. The molecule has 8 heteroatoms. The van der Waals surface area contributed by atoms with Gasteiger partial charge in [-0.1, -0.05) is 25.1 Å². The molecular formula is C24H30N4O3S. The van der Waals surface area contributed by atoms with E-state index >= 15 is 0 Å². The van der Waals surface area contributed by atoms with Crippen LogP contribution < -0.4 is 9.62 Å². The van der Waals surface area contributed by atoms with Crippen molar-refractivity contribution in [3.63, 3.8) is 0 Å². The van der Waals surface area contributed by atoms with E-state index < -0.39 is 15.9 Å². The summed E-state index contributed by atoms with van der Waals surface area (Å²) in [6, 6.07) is 13.1. The van der Waals surface area contributed by atoms with Gasteiger partial charge in [-0.05, 0) is 75.1 Å². The first kappa shape index (κ1) is 23.5. The lowest BCUT2D eigenvalue weighted by Crippen LogP contribution is -2.38. The van der Waals surface area contributed by atoms with Crippen LogP contribution in [0.2, 0.25) is 0 Å². The molecule has 0 aliphatic carbocycles. The Labute approximate surface area is 190 Å². The van der Waals surface area contributed by atoms with Crippen molar-refractivity contribution in [2.45, 2.75) is 45.9 Å². The first-order chi connectivity index (χ1) is 15.0. The SMILES string of the molecule is CCc1cccc(NC(=O)CN(c2cc(C)cc(C)c2)S(=O)(=O)c2c(C)nn(C)c2C)c1. The van der Waals surface area contributed by atoms with Crippen molar-refractivity contribution in [1.29, 1.82) is 0 Å². The molecule has 0 saturated carbocycles. The molecule has 0 unspecified atom stereocenters. The number of rotatable bonds is 7. The van der Waals surface area contributed by atoms with Crippen LogP contribution in [-0.2, 0) is 28.3 Å². The molecule has 3 rings (SSSR count). The predicted molar refractivity (Wildman–Crippen MR) is 128 cm³/mol. The second-order valence-corrected chi connectivity index (χ2v) is 9.88. The van der Waals surface area contributed by atoms with E-state index in [1.54, 1.807) is 39.1 Å². The van der Waals surface area contributed by atoms with E-state index in [2.05, 4.69) is 10.4 Å². The largest absolute Gasteiger partial charge is 0.325 e. The molecule has 1 amide bonds. The number of amides is 1. The van der Waals surface area contributed by atoms with Crippen LogP contribution in [-0.4, -0.2) is 30.7 Å². The standard InChI is InChI=1S/C24H30N4O3S/c1-7-20-9-8-10-21(14-20)25-23(29)15-28(22-12-16(2)11-17(3)13-22)32(30,31)24-18(4)26-27(6)19(24)5/h8-14H,7,15H2,1-6H3,(H,25,29). The molecule has 170 valence electrons. The van der Waals surface area contributed by atoms with Gasteiger partial charge < -0.3 is 5.32 Å². The maximum absolute atomic E-state index is 13.8. The van der Waals surface area contributed by atoms with Crippen LogP contribution >= 0.6 is 0 Å². The van der Waals surface area contributed by atoms with Gasteiger partial charge in [-0.2, -0.15) is 5.10 Å². The molecule has 2 aromatic carbocycles. The number of hydrogen-bond acceptors (Lipinski definition) is 4. The van der Waals surface area contributed by atoms with Crippen molar-refractivity contribution in [2.24, 2.45) is 7.05 Å². The molecule has 1 aromatic heterocycles. The maximum atomic E-state index is 13.8. The Morgan fingerprint density at radius 2 is 1.72 bits per heavy atom. The number of aromatic nitrogens is 2. The van der Waals surface area contributed by atoms with Crippen LogP contribution in [0.5, 0.6) is 0 Å². The van der Waals surface area contributed by atoms with Crippen molar-refractivity contribution < 1.29 is 13.2 Å². The Morgan fingerprint density at radius 1 is 1.06 bits per heavy atom. The molecule has 1 heterocycles. The Balaban J connectivity index is 2.04. The Kier molecular flexibility index (Phi) is 6.74. The van der Waals surface area contributed by atoms with Crippen LogP contribution in [0.4, 0.5) is 11.4 Å². The third kappa shape index (κ3) is 4.85. The molecule has 0 radical (unpaired) electrons.